The van der Waals surface area contributed by atoms with Crippen molar-refractivity contribution in [1.82, 2.24) is 10.2 Å². The molecule has 5 nitrogen and oxygen atoms in total. The van der Waals surface area contributed by atoms with Crippen molar-refractivity contribution < 1.29 is 9.53 Å². The number of ether oxygens (including phenoxy) is 1. The zero-order chi connectivity index (χ0) is 16.6. The Morgan fingerprint density at radius 1 is 1.27 bits per heavy atom. The third-order valence-corrected chi connectivity index (χ3v) is 4.15. The van der Waals surface area contributed by atoms with E-state index in [1.807, 2.05) is 20.8 Å². The molecule has 1 aliphatic rings. The van der Waals surface area contributed by atoms with E-state index in [-0.39, 0.29) is 6.09 Å². The fourth-order valence-electron chi connectivity index (χ4n) is 3.03. The first-order valence-corrected chi connectivity index (χ1v) is 8.78. The molecule has 0 spiro atoms. The lowest BCUT2D eigenvalue weighted by molar-refractivity contribution is 0.0249. The van der Waals surface area contributed by atoms with Crippen LogP contribution in [0.2, 0.25) is 0 Å². The standard InChI is InChI=1S/C17H35N3O2/c1-5-11-20(16(21)22-17(2,3)4)12-10-19-15-9-7-6-8-14(15)13-18/h14-15,19H,5-13,18H2,1-4H3. The Labute approximate surface area is 135 Å². The minimum absolute atomic E-state index is 0.213. The highest BCUT2D eigenvalue weighted by molar-refractivity contribution is 5.68. The normalized spacial score (nSPS) is 22.4. The van der Waals surface area contributed by atoms with Crippen molar-refractivity contribution in [2.45, 2.75) is 71.4 Å². The predicted molar refractivity (Wildman–Crippen MR) is 90.9 cm³/mol. The van der Waals surface area contributed by atoms with Crippen LogP contribution in [0.3, 0.4) is 0 Å². The minimum atomic E-state index is -0.440. The highest BCUT2D eigenvalue weighted by Crippen LogP contribution is 2.23. The molecule has 5 heteroatoms. The highest BCUT2D eigenvalue weighted by atomic mass is 16.6. The summed E-state index contributed by atoms with van der Waals surface area (Å²) >= 11 is 0. The molecule has 2 atom stereocenters. The van der Waals surface area contributed by atoms with Crippen molar-refractivity contribution in [3.05, 3.63) is 0 Å². The SMILES string of the molecule is CCCN(CCNC1CCCCC1CN)C(=O)OC(C)(C)C. The Hall–Kier alpha value is -0.810. The predicted octanol–water partition coefficient (Wildman–Crippen LogP) is 2.74. The molecular formula is C17H35N3O2. The summed E-state index contributed by atoms with van der Waals surface area (Å²) in [5.74, 6) is 0.579. The van der Waals surface area contributed by atoms with Crippen molar-refractivity contribution in [2.24, 2.45) is 11.7 Å². The maximum atomic E-state index is 12.2. The van der Waals surface area contributed by atoms with E-state index >= 15 is 0 Å². The van der Waals surface area contributed by atoms with Gasteiger partial charge in [-0.25, -0.2) is 4.79 Å². The molecule has 0 aliphatic heterocycles. The summed E-state index contributed by atoms with van der Waals surface area (Å²) in [6.07, 6.45) is 5.71. The fraction of sp³-hybridized carbons (Fsp3) is 0.941. The van der Waals surface area contributed by atoms with Gasteiger partial charge in [0, 0.05) is 25.7 Å². The molecule has 0 saturated heterocycles. The lowest BCUT2D eigenvalue weighted by Crippen LogP contribution is -2.46. The lowest BCUT2D eigenvalue weighted by atomic mass is 9.84. The van der Waals surface area contributed by atoms with Gasteiger partial charge in [0.25, 0.3) is 0 Å². The zero-order valence-electron chi connectivity index (χ0n) is 14.9. The van der Waals surface area contributed by atoms with E-state index in [2.05, 4.69) is 12.2 Å². The highest BCUT2D eigenvalue weighted by Gasteiger charge is 2.25. The van der Waals surface area contributed by atoms with Crippen LogP contribution >= 0.6 is 0 Å². The van der Waals surface area contributed by atoms with E-state index in [1.54, 1.807) is 4.90 Å². The molecule has 1 rings (SSSR count). The van der Waals surface area contributed by atoms with E-state index in [1.165, 1.54) is 25.7 Å². The van der Waals surface area contributed by atoms with Crippen molar-refractivity contribution >= 4 is 6.09 Å². The number of amides is 1. The van der Waals surface area contributed by atoms with E-state index < -0.39 is 5.60 Å². The summed E-state index contributed by atoms with van der Waals surface area (Å²) in [5.41, 5.74) is 5.43. The zero-order valence-corrected chi connectivity index (χ0v) is 14.9. The quantitative estimate of drug-likeness (QED) is 0.758. The van der Waals surface area contributed by atoms with Crippen LogP contribution in [-0.2, 0) is 4.74 Å². The lowest BCUT2D eigenvalue weighted by Gasteiger charge is -2.32. The van der Waals surface area contributed by atoms with Crippen LogP contribution in [0.4, 0.5) is 4.79 Å². The van der Waals surface area contributed by atoms with Crippen LogP contribution in [-0.4, -0.2) is 48.8 Å². The largest absolute Gasteiger partial charge is 0.444 e. The van der Waals surface area contributed by atoms with Crippen molar-refractivity contribution in [2.75, 3.05) is 26.2 Å². The molecule has 22 heavy (non-hydrogen) atoms. The summed E-state index contributed by atoms with van der Waals surface area (Å²) in [4.78, 5) is 14.0. The number of nitrogens with one attached hydrogen (secondary N) is 1. The van der Waals surface area contributed by atoms with Gasteiger partial charge in [-0.2, -0.15) is 0 Å². The summed E-state index contributed by atoms with van der Waals surface area (Å²) in [7, 11) is 0. The molecule has 1 aliphatic carbocycles. The molecule has 0 radical (unpaired) electrons. The van der Waals surface area contributed by atoms with Gasteiger partial charge in [-0.05, 0) is 52.5 Å². The fourth-order valence-corrected chi connectivity index (χ4v) is 3.03. The molecule has 1 fully saturated rings. The molecule has 0 aromatic heterocycles. The molecule has 1 saturated carbocycles. The number of rotatable bonds is 7. The van der Waals surface area contributed by atoms with Crippen LogP contribution in [0.15, 0.2) is 0 Å². The Bertz CT molecular complexity index is 328. The van der Waals surface area contributed by atoms with Gasteiger partial charge in [0.05, 0.1) is 0 Å². The first-order valence-electron chi connectivity index (χ1n) is 8.78. The van der Waals surface area contributed by atoms with Crippen LogP contribution in [0.5, 0.6) is 0 Å². The first-order chi connectivity index (χ1) is 10.4. The summed E-state index contributed by atoms with van der Waals surface area (Å²) < 4.78 is 5.48. The van der Waals surface area contributed by atoms with E-state index in [0.717, 1.165) is 26.1 Å². The Morgan fingerprint density at radius 3 is 2.55 bits per heavy atom. The number of hydrogen-bond donors (Lipinski definition) is 2. The van der Waals surface area contributed by atoms with Crippen LogP contribution < -0.4 is 11.1 Å². The van der Waals surface area contributed by atoms with Gasteiger partial charge in [-0.1, -0.05) is 19.8 Å². The number of carbonyl (C=O) groups is 1. The van der Waals surface area contributed by atoms with Crippen molar-refractivity contribution in [1.29, 1.82) is 0 Å². The van der Waals surface area contributed by atoms with Crippen LogP contribution in [0.1, 0.15) is 59.8 Å². The third-order valence-electron chi connectivity index (χ3n) is 4.15. The summed E-state index contributed by atoms with van der Waals surface area (Å²) in [6.45, 7) is 10.8. The maximum absolute atomic E-state index is 12.2. The molecule has 130 valence electrons. The van der Waals surface area contributed by atoms with Gasteiger partial charge < -0.3 is 20.7 Å². The molecule has 2 unspecified atom stereocenters. The van der Waals surface area contributed by atoms with Gasteiger partial charge in [0.1, 0.15) is 5.60 Å². The number of nitrogens with zero attached hydrogens (tertiary/aromatic N) is 1. The molecule has 1 amide bonds. The maximum Gasteiger partial charge on any atom is 0.410 e. The van der Waals surface area contributed by atoms with Gasteiger partial charge in [-0.15, -0.1) is 0 Å². The van der Waals surface area contributed by atoms with Crippen molar-refractivity contribution in [3.8, 4) is 0 Å². The topological polar surface area (TPSA) is 67.6 Å². The van der Waals surface area contributed by atoms with Gasteiger partial charge in [-0.3, -0.25) is 0 Å². The molecule has 0 heterocycles. The second-order valence-corrected chi connectivity index (χ2v) is 7.31. The van der Waals surface area contributed by atoms with E-state index in [0.29, 0.717) is 18.5 Å². The minimum Gasteiger partial charge on any atom is -0.444 e. The Morgan fingerprint density at radius 2 is 1.95 bits per heavy atom. The number of carbonyl (C=O) groups excluding carboxylic acids is 1. The molecular weight excluding hydrogens is 278 g/mol. The van der Waals surface area contributed by atoms with Crippen LogP contribution in [0, 0.1) is 5.92 Å². The average molecular weight is 313 g/mol. The second kappa shape index (κ2) is 9.36. The summed E-state index contributed by atoms with van der Waals surface area (Å²) in [5, 5.41) is 3.60. The second-order valence-electron chi connectivity index (χ2n) is 7.31. The van der Waals surface area contributed by atoms with Crippen LogP contribution in [0.25, 0.3) is 0 Å². The molecule has 3 N–H and O–H groups in total. The van der Waals surface area contributed by atoms with E-state index in [4.69, 9.17) is 10.5 Å². The monoisotopic (exact) mass is 313 g/mol. The van der Waals surface area contributed by atoms with Gasteiger partial charge >= 0.3 is 6.09 Å². The third kappa shape index (κ3) is 6.97. The smallest absolute Gasteiger partial charge is 0.410 e. The number of nitrogens with two attached hydrogens (primary N) is 1. The average Bonchev–Trinajstić information content (AvgIpc) is 2.45. The Balaban J connectivity index is 2.41. The first kappa shape index (κ1) is 19.2. The number of hydrogen-bond acceptors (Lipinski definition) is 4. The summed E-state index contributed by atoms with van der Waals surface area (Å²) in [6, 6.07) is 0.501. The van der Waals surface area contributed by atoms with Gasteiger partial charge in [0.15, 0.2) is 0 Å². The van der Waals surface area contributed by atoms with Gasteiger partial charge in [0.2, 0.25) is 0 Å². The Kier molecular flexibility index (Phi) is 8.18. The molecule has 0 aromatic rings. The molecule has 0 bridgehead atoms. The molecule has 0 aromatic carbocycles. The van der Waals surface area contributed by atoms with Crippen molar-refractivity contribution in [3.63, 3.8) is 0 Å². The van der Waals surface area contributed by atoms with E-state index in [9.17, 15) is 4.79 Å².